The quantitative estimate of drug-likeness (QED) is 0.395. The third kappa shape index (κ3) is 6.29. The average molecular weight is 386 g/mol. The van der Waals surface area contributed by atoms with Crippen molar-refractivity contribution in [2.75, 3.05) is 20.7 Å². The molecule has 154 valence electrons. The number of aromatic nitrogens is 2. The minimum absolute atomic E-state index is 0.284. The van der Waals surface area contributed by atoms with E-state index >= 15 is 0 Å². The first kappa shape index (κ1) is 21.8. The van der Waals surface area contributed by atoms with Crippen LogP contribution in [0.1, 0.15) is 42.3 Å². The number of guanidine groups is 1. The molecule has 1 unspecified atom stereocenters. The summed E-state index contributed by atoms with van der Waals surface area (Å²) in [5, 5.41) is 11.4. The van der Waals surface area contributed by atoms with Crippen LogP contribution in [0, 0.1) is 13.8 Å². The fourth-order valence-corrected chi connectivity index (χ4v) is 3.35. The maximum absolute atomic E-state index is 5.20. The van der Waals surface area contributed by atoms with E-state index in [0.717, 1.165) is 49.6 Å². The summed E-state index contributed by atoms with van der Waals surface area (Å²) in [5.41, 5.74) is 5.00. The molecular weight excluding hydrogens is 350 g/mol. The number of nitrogens with one attached hydrogen (secondary N) is 2. The number of hydrogen-bond donors (Lipinski definition) is 2. The number of hydrogen-bond acceptors (Lipinski definition) is 3. The predicted octanol–water partition coefficient (Wildman–Crippen LogP) is 3.16. The van der Waals surface area contributed by atoms with Gasteiger partial charge in [0.05, 0.1) is 12.8 Å². The van der Waals surface area contributed by atoms with Gasteiger partial charge in [-0.1, -0.05) is 12.1 Å². The van der Waals surface area contributed by atoms with Gasteiger partial charge in [0.25, 0.3) is 0 Å². The molecule has 0 aliphatic rings. The van der Waals surface area contributed by atoms with Crippen molar-refractivity contribution < 1.29 is 4.74 Å². The Bertz CT molecular complexity index is 764. The normalized spacial score (nSPS) is 12.7. The molecule has 1 aromatic carbocycles. The van der Waals surface area contributed by atoms with Crippen LogP contribution in [0.25, 0.3) is 0 Å². The van der Waals surface area contributed by atoms with Crippen LogP contribution in [0.2, 0.25) is 0 Å². The fraction of sp³-hybridized carbons (Fsp3) is 0.545. The fourth-order valence-electron chi connectivity index (χ4n) is 3.35. The Morgan fingerprint density at radius 2 is 1.93 bits per heavy atom. The minimum atomic E-state index is 0.284. The van der Waals surface area contributed by atoms with E-state index in [0.29, 0.717) is 0 Å². The zero-order valence-corrected chi connectivity index (χ0v) is 18.2. The van der Waals surface area contributed by atoms with Crippen LogP contribution in [-0.4, -0.2) is 42.5 Å². The van der Waals surface area contributed by atoms with E-state index in [4.69, 9.17) is 4.74 Å². The Hall–Kier alpha value is -2.50. The van der Waals surface area contributed by atoms with E-state index in [1.165, 1.54) is 16.8 Å². The second kappa shape index (κ2) is 10.7. The molecule has 0 aliphatic carbocycles. The van der Waals surface area contributed by atoms with Crippen molar-refractivity contribution >= 4 is 5.96 Å². The third-order valence-corrected chi connectivity index (χ3v) is 5.12. The van der Waals surface area contributed by atoms with E-state index < -0.39 is 0 Å². The van der Waals surface area contributed by atoms with Gasteiger partial charge in [0, 0.05) is 32.4 Å². The molecule has 2 N–H and O–H groups in total. The Balaban J connectivity index is 1.70. The Morgan fingerprint density at radius 3 is 2.50 bits per heavy atom. The van der Waals surface area contributed by atoms with Gasteiger partial charge in [-0.3, -0.25) is 9.67 Å². The molecule has 1 atom stereocenters. The number of nitrogens with zero attached hydrogens (tertiary/aromatic N) is 3. The molecule has 1 heterocycles. The molecule has 0 saturated heterocycles. The third-order valence-electron chi connectivity index (χ3n) is 5.12. The summed E-state index contributed by atoms with van der Waals surface area (Å²) in [4.78, 5) is 4.35. The summed E-state index contributed by atoms with van der Waals surface area (Å²) >= 11 is 0. The van der Waals surface area contributed by atoms with Crippen molar-refractivity contribution in [2.24, 2.45) is 12.0 Å². The van der Waals surface area contributed by atoms with Crippen LogP contribution in [0.3, 0.4) is 0 Å². The standard InChI is InChI=1S/C22H35N5O/c1-16(15-21-17(2)26-27(5)18(21)3)25-22(23-4)24-14-8-7-9-19-10-12-20(28-6)13-11-19/h10-13,16H,7-9,14-15H2,1-6H3,(H2,23,24,25). The molecule has 0 bridgehead atoms. The number of benzene rings is 1. The molecular formula is C22H35N5O. The first-order valence-corrected chi connectivity index (χ1v) is 10.0. The molecule has 2 aromatic rings. The number of ether oxygens (including phenoxy) is 1. The summed E-state index contributed by atoms with van der Waals surface area (Å²) in [6, 6.07) is 8.60. The highest BCUT2D eigenvalue weighted by Gasteiger charge is 2.13. The maximum Gasteiger partial charge on any atom is 0.191 e. The van der Waals surface area contributed by atoms with Crippen molar-refractivity contribution in [1.29, 1.82) is 0 Å². The van der Waals surface area contributed by atoms with Gasteiger partial charge in [0.15, 0.2) is 5.96 Å². The molecule has 0 amide bonds. The zero-order chi connectivity index (χ0) is 20.5. The topological polar surface area (TPSA) is 63.5 Å². The lowest BCUT2D eigenvalue weighted by Gasteiger charge is -2.18. The van der Waals surface area contributed by atoms with Crippen LogP contribution in [0.4, 0.5) is 0 Å². The van der Waals surface area contributed by atoms with Crippen molar-refractivity contribution in [3.05, 3.63) is 46.8 Å². The monoisotopic (exact) mass is 385 g/mol. The number of rotatable bonds is 9. The second-order valence-electron chi connectivity index (χ2n) is 7.33. The van der Waals surface area contributed by atoms with Gasteiger partial charge in [0.1, 0.15) is 5.75 Å². The van der Waals surface area contributed by atoms with E-state index in [1.54, 1.807) is 7.11 Å². The molecule has 0 radical (unpaired) electrons. The van der Waals surface area contributed by atoms with E-state index in [-0.39, 0.29) is 6.04 Å². The van der Waals surface area contributed by atoms with Gasteiger partial charge < -0.3 is 15.4 Å². The molecule has 6 heteroatoms. The highest BCUT2D eigenvalue weighted by atomic mass is 16.5. The summed E-state index contributed by atoms with van der Waals surface area (Å²) in [6.07, 6.45) is 4.25. The van der Waals surface area contributed by atoms with Crippen LogP contribution in [-0.2, 0) is 19.9 Å². The number of aliphatic imine (C=N–C) groups is 1. The Kier molecular flexibility index (Phi) is 8.36. The minimum Gasteiger partial charge on any atom is -0.497 e. The van der Waals surface area contributed by atoms with Gasteiger partial charge in [-0.15, -0.1) is 0 Å². The smallest absolute Gasteiger partial charge is 0.191 e. The molecule has 0 aliphatic heterocycles. The van der Waals surface area contributed by atoms with Gasteiger partial charge in [0.2, 0.25) is 0 Å². The summed E-state index contributed by atoms with van der Waals surface area (Å²) < 4.78 is 7.15. The first-order chi connectivity index (χ1) is 13.4. The van der Waals surface area contributed by atoms with Crippen molar-refractivity contribution in [1.82, 2.24) is 20.4 Å². The lowest BCUT2D eigenvalue weighted by Crippen LogP contribution is -2.43. The number of unbranched alkanes of at least 4 members (excludes halogenated alkanes) is 1. The maximum atomic E-state index is 5.20. The Labute approximate surface area is 169 Å². The average Bonchev–Trinajstić information content (AvgIpc) is 2.93. The molecule has 28 heavy (non-hydrogen) atoms. The van der Waals surface area contributed by atoms with E-state index in [9.17, 15) is 0 Å². The van der Waals surface area contributed by atoms with Crippen LogP contribution in [0.5, 0.6) is 5.75 Å². The summed E-state index contributed by atoms with van der Waals surface area (Å²) in [7, 11) is 5.51. The van der Waals surface area contributed by atoms with Gasteiger partial charge in [-0.2, -0.15) is 5.10 Å². The Morgan fingerprint density at radius 1 is 1.21 bits per heavy atom. The van der Waals surface area contributed by atoms with Gasteiger partial charge in [-0.05, 0) is 69.7 Å². The molecule has 2 rings (SSSR count). The summed E-state index contributed by atoms with van der Waals surface area (Å²) in [6.45, 7) is 7.29. The number of methoxy groups -OCH3 is 1. The van der Waals surface area contributed by atoms with Crippen LogP contribution < -0.4 is 15.4 Å². The molecule has 0 spiro atoms. The van der Waals surface area contributed by atoms with Crippen molar-refractivity contribution in [2.45, 2.75) is 52.5 Å². The first-order valence-electron chi connectivity index (χ1n) is 10.0. The second-order valence-corrected chi connectivity index (χ2v) is 7.33. The molecule has 6 nitrogen and oxygen atoms in total. The highest BCUT2D eigenvalue weighted by molar-refractivity contribution is 5.79. The van der Waals surface area contributed by atoms with Crippen molar-refractivity contribution in [3.8, 4) is 5.75 Å². The zero-order valence-electron chi connectivity index (χ0n) is 18.2. The molecule has 0 saturated carbocycles. The van der Waals surface area contributed by atoms with Crippen LogP contribution in [0.15, 0.2) is 29.3 Å². The number of aryl methyl sites for hydroxylation is 3. The van der Waals surface area contributed by atoms with Crippen LogP contribution >= 0.6 is 0 Å². The molecule has 1 aromatic heterocycles. The van der Waals surface area contributed by atoms with E-state index in [2.05, 4.69) is 53.6 Å². The largest absolute Gasteiger partial charge is 0.497 e. The molecule has 0 fully saturated rings. The van der Waals surface area contributed by atoms with Crippen molar-refractivity contribution in [3.63, 3.8) is 0 Å². The van der Waals surface area contributed by atoms with Gasteiger partial charge in [-0.25, -0.2) is 0 Å². The predicted molar refractivity (Wildman–Crippen MR) is 116 cm³/mol. The lowest BCUT2D eigenvalue weighted by molar-refractivity contribution is 0.414. The SMILES string of the molecule is CN=C(NCCCCc1ccc(OC)cc1)NC(C)Cc1c(C)nn(C)c1C. The highest BCUT2D eigenvalue weighted by Crippen LogP contribution is 2.14. The van der Waals surface area contributed by atoms with Gasteiger partial charge >= 0.3 is 0 Å². The summed E-state index contributed by atoms with van der Waals surface area (Å²) in [5.74, 6) is 1.77. The lowest BCUT2D eigenvalue weighted by atomic mass is 10.1. The van der Waals surface area contributed by atoms with E-state index in [1.807, 2.05) is 30.9 Å².